The van der Waals surface area contributed by atoms with E-state index in [9.17, 15) is 9.59 Å². The van der Waals surface area contributed by atoms with E-state index in [0.29, 0.717) is 24.0 Å². The number of carbonyl (C=O) groups is 2. The Hall–Kier alpha value is -2.47. The van der Waals surface area contributed by atoms with E-state index in [1.807, 2.05) is 10.6 Å². The van der Waals surface area contributed by atoms with Crippen molar-refractivity contribution in [3.8, 4) is 10.4 Å². The van der Waals surface area contributed by atoms with Crippen molar-refractivity contribution in [3.05, 3.63) is 47.9 Å². The van der Waals surface area contributed by atoms with E-state index >= 15 is 0 Å². The van der Waals surface area contributed by atoms with Crippen molar-refractivity contribution in [1.29, 1.82) is 0 Å². The Morgan fingerprint density at radius 1 is 1.19 bits per heavy atom. The van der Waals surface area contributed by atoms with E-state index in [2.05, 4.69) is 29.2 Å². The third kappa shape index (κ3) is 3.42. The van der Waals surface area contributed by atoms with Crippen molar-refractivity contribution in [1.82, 2.24) is 9.38 Å². The second kappa shape index (κ2) is 7.03. The van der Waals surface area contributed by atoms with Crippen LogP contribution in [-0.4, -0.2) is 26.7 Å². The number of nitrogens with zero attached hydrogens (tertiary/aromatic N) is 2. The maximum Gasteiger partial charge on any atom is 0.303 e. The number of carboxylic acids is 1. The van der Waals surface area contributed by atoms with Gasteiger partial charge in [0.05, 0.1) is 4.88 Å². The standard InChI is InChI=1S/C20H20N2O3S/c23-12-17-10-22-11-18(26-20(22)21-17)16-7-5-15(6-8-16)14-3-1-13(2-4-14)9-19(24)25/h5-8,10-14H,1-4,9H2,(H,24,25). The summed E-state index contributed by atoms with van der Waals surface area (Å²) in [5.41, 5.74) is 2.94. The molecule has 1 aromatic carbocycles. The molecule has 0 bridgehead atoms. The lowest BCUT2D eigenvalue weighted by atomic mass is 9.77. The Bertz CT molecular complexity index is 902. The summed E-state index contributed by atoms with van der Waals surface area (Å²) in [4.78, 5) is 27.9. The first-order valence-electron chi connectivity index (χ1n) is 8.88. The number of hydrogen-bond donors (Lipinski definition) is 1. The SMILES string of the molecule is O=Cc1cn2cc(-c3ccc(C4CCC(CC(=O)O)CC4)cc3)sc2n1. The molecule has 0 spiro atoms. The van der Waals surface area contributed by atoms with E-state index in [1.54, 1.807) is 17.5 Å². The average molecular weight is 368 g/mol. The molecular weight excluding hydrogens is 348 g/mol. The van der Waals surface area contributed by atoms with Gasteiger partial charge in [-0.25, -0.2) is 4.98 Å². The summed E-state index contributed by atoms with van der Waals surface area (Å²) in [6, 6.07) is 8.67. The van der Waals surface area contributed by atoms with Gasteiger partial charge in [-0.15, -0.1) is 0 Å². The fourth-order valence-corrected chi connectivity index (χ4v) is 4.85. The van der Waals surface area contributed by atoms with E-state index in [4.69, 9.17) is 5.11 Å². The molecule has 26 heavy (non-hydrogen) atoms. The van der Waals surface area contributed by atoms with Gasteiger partial charge in [-0.3, -0.25) is 14.0 Å². The van der Waals surface area contributed by atoms with Crippen LogP contribution in [0.15, 0.2) is 36.7 Å². The number of thiazole rings is 1. The minimum atomic E-state index is -0.680. The minimum absolute atomic E-state index is 0.303. The monoisotopic (exact) mass is 368 g/mol. The Morgan fingerprint density at radius 3 is 2.54 bits per heavy atom. The first-order chi connectivity index (χ1) is 12.6. The predicted molar refractivity (Wildman–Crippen MR) is 101 cm³/mol. The lowest BCUT2D eigenvalue weighted by molar-refractivity contribution is -0.138. The Morgan fingerprint density at radius 2 is 1.92 bits per heavy atom. The van der Waals surface area contributed by atoms with Crippen LogP contribution in [0.2, 0.25) is 0 Å². The maximum absolute atomic E-state index is 10.8. The van der Waals surface area contributed by atoms with E-state index in [0.717, 1.165) is 47.4 Å². The van der Waals surface area contributed by atoms with Gasteiger partial charge < -0.3 is 5.11 Å². The molecule has 0 atom stereocenters. The molecule has 1 saturated carbocycles. The van der Waals surface area contributed by atoms with Crippen molar-refractivity contribution >= 4 is 28.6 Å². The van der Waals surface area contributed by atoms with Gasteiger partial charge in [0.1, 0.15) is 5.69 Å². The van der Waals surface area contributed by atoms with Gasteiger partial charge in [-0.2, -0.15) is 0 Å². The molecule has 6 heteroatoms. The second-order valence-corrected chi connectivity index (χ2v) is 8.02. The average Bonchev–Trinajstić information content (AvgIpc) is 3.21. The molecule has 134 valence electrons. The van der Waals surface area contributed by atoms with Crippen molar-refractivity contribution in [3.63, 3.8) is 0 Å². The highest BCUT2D eigenvalue weighted by atomic mass is 32.1. The van der Waals surface area contributed by atoms with Crippen LogP contribution in [0.1, 0.15) is 54.1 Å². The first-order valence-corrected chi connectivity index (χ1v) is 9.70. The van der Waals surface area contributed by atoms with E-state index in [-0.39, 0.29) is 0 Å². The van der Waals surface area contributed by atoms with Crippen LogP contribution in [0.25, 0.3) is 15.4 Å². The maximum atomic E-state index is 10.8. The highest BCUT2D eigenvalue weighted by molar-refractivity contribution is 7.20. The number of hydrogen-bond acceptors (Lipinski definition) is 4. The number of fused-ring (bicyclic) bond motifs is 1. The number of aldehydes is 1. The predicted octanol–water partition coefficient (Wildman–Crippen LogP) is 4.62. The molecule has 0 radical (unpaired) electrons. The summed E-state index contributed by atoms with van der Waals surface area (Å²) in [6.07, 6.45) is 8.95. The summed E-state index contributed by atoms with van der Waals surface area (Å²) in [5, 5.41) is 8.93. The minimum Gasteiger partial charge on any atom is -0.481 e. The van der Waals surface area contributed by atoms with Gasteiger partial charge in [0.25, 0.3) is 0 Å². The molecule has 5 nitrogen and oxygen atoms in total. The van der Waals surface area contributed by atoms with Crippen LogP contribution in [0, 0.1) is 5.92 Å². The quantitative estimate of drug-likeness (QED) is 0.667. The number of carbonyl (C=O) groups excluding carboxylic acids is 1. The fraction of sp³-hybridized carbons (Fsp3) is 0.350. The molecule has 0 saturated heterocycles. The van der Waals surface area contributed by atoms with Crippen LogP contribution >= 0.6 is 11.3 Å². The van der Waals surface area contributed by atoms with E-state index < -0.39 is 5.97 Å². The largest absolute Gasteiger partial charge is 0.481 e. The van der Waals surface area contributed by atoms with Crippen LogP contribution < -0.4 is 0 Å². The van der Waals surface area contributed by atoms with Crippen LogP contribution in [0.5, 0.6) is 0 Å². The highest BCUT2D eigenvalue weighted by Crippen LogP contribution is 2.38. The summed E-state index contributed by atoms with van der Waals surface area (Å²) in [6.45, 7) is 0. The molecule has 1 aliphatic rings. The normalized spacial score (nSPS) is 20.3. The molecule has 3 aromatic rings. The van der Waals surface area contributed by atoms with E-state index in [1.165, 1.54) is 5.56 Å². The zero-order chi connectivity index (χ0) is 18.1. The van der Waals surface area contributed by atoms with Crippen LogP contribution in [0.3, 0.4) is 0 Å². The summed E-state index contributed by atoms with van der Waals surface area (Å²) < 4.78 is 1.89. The third-order valence-corrected chi connectivity index (χ3v) is 6.32. The molecule has 2 aromatic heterocycles. The van der Waals surface area contributed by atoms with Gasteiger partial charge in [0.15, 0.2) is 11.2 Å². The summed E-state index contributed by atoms with van der Waals surface area (Å²) >= 11 is 1.57. The van der Waals surface area contributed by atoms with Crippen molar-refractivity contribution in [2.24, 2.45) is 5.92 Å². The molecule has 1 N–H and O–H groups in total. The number of imidazole rings is 1. The molecule has 0 amide bonds. The number of rotatable bonds is 5. The van der Waals surface area contributed by atoms with Crippen LogP contribution in [-0.2, 0) is 4.79 Å². The number of benzene rings is 1. The van der Waals surface area contributed by atoms with Gasteiger partial charge in [0, 0.05) is 18.8 Å². The van der Waals surface area contributed by atoms with Crippen molar-refractivity contribution in [2.75, 3.05) is 0 Å². The molecule has 0 aliphatic heterocycles. The Kier molecular flexibility index (Phi) is 4.59. The topological polar surface area (TPSA) is 71.7 Å². The van der Waals surface area contributed by atoms with Gasteiger partial charge in [-0.1, -0.05) is 35.6 Å². The Balaban J connectivity index is 1.45. The second-order valence-electron chi connectivity index (χ2n) is 7.01. The lowest BCUT2D eigenvalue weighted by Gasteiger charge is -2.28. The van der Waals surface area contributed by atoms with Gasteiger partial charge in [-0.05, 0) is 48.6 Å². The summed E-state index contributed by atoms with van der Waals surface area (Å²) in [7, 11) is 0. The molecular formula is C20H20N2O3S. The Labute approximate surface area is 155 Å². The smallest absolute Gasteiger partial charge is 0.303 e. The first kappa shape index (κ1) is 17.0. The fourth-order valence-electron chi connectivity index (χ4n) is 3.87. The van der Waals surface area contributed by atoms with Gasteiger partial charge >= 0.3 is 5.97 Å². The molecule has 1 aliphatic carbocycles. The zero-order valence-electron chi connectivity index (χ0n) is 14.3. The van der Waals surface area contributed by atoms with Gasteiger partial charge in [0.2, 0.25) is 0 Å². The molecule has 2 heterocycles. The van der Waals surface area contributed by atoms with Crippen molar-refractivity contribution in [2.45, 2.75) is 38.0 Å². The third-order valence-electron chi connectivity index (χ3n) is 5.27. The van der Waals surface area contributed by atoms with Crippen molar-refractivity contribution < 1.29 is 14.7 Å². The lowest BCUT2D eigenvalue weighted by Crippen LogP contribution is -2.16. The molecule has 4 rings (SSSR count). The summed E-state index contributed by atoms with van der Waals surface area (Å²) in [5.74, 6) is 0.187. The number of carboxylic acid groups (broad SMARTS) is 1. The molecule has 1 fully saturated rings. The molecule has 0 unspecified atom stereocenters. The number of aliphatic carboxylic acids is 1. The highest BCUT2D eigenvalue weighted by Gasteiger charge is 2.24. The zero-order valence-corrected chi connectivity index (χ0v) is 15.1. The number of aromatic nitrogens is 2. The van der Waals surface area contributed by atoms with Crippen LogP contribution in [0.4, 0.5) is 0 Å².